The SMILES string of the molecule is C=CC(=O)OCCOc1ccccc1N=NC(C(C)=O)C(=O)Nc1ccccc1OC. The van der Waals surface area contributed by atoms with Crippen LogP contribution in [-0.2, 0) is 19.1 Å². The Labute approximate surface area is 179 Å². The van der Waals surface area contributed by atoms with Gasteiger partial charge in [0.15, 0.2) is 5.78 Å². The van der Waals surface area contributed by atoms with Crippen molar-refractivity contribution < 1.29 is 28.6 Å². The summed E-state index contributed by atoms with van der Waals surface area (Å²) in [5.74, 6) is -0.873. The van der Waals surface area contributed by atoms with E-state index in [4.69, 9.17) is 14.2 Å². The first-order valence-electron chi connectivity index (χ1n) is 9.32. The fraction of sp³-hybridized carbons (Fsp3) is 0.227. The molecule has 0 aliphatic heterocycles. The molecule has 9 nitrogen and oxygen atoms in total. The molecule has 1 atom stereocenters. The molecule has 0 aromatic heterocycles. The van der Waals surface area contributed by atoms with E-state index in [2.05, 4.69) is 22.1 Å². The second kappa shape index (κ2) is 11.9. The highest BCUT2D eigenvalue weighted by atomic mass is 16.6. The van der Waals surface area contributed by atoms with Gasteiger partial charge < -0.3 is 19.5 Å². The van der Waals surface area contributed by atoms with Crippen molar-refractivity contribution in [3.63, 3.8) is 0 Å². The summed E-state index contributed by atoms with van der Waals surface area (Å²) in [5, 5.41) is 10.6. The topological polar surface area (TPSA) is 116 Å². The van der Waals surface area contributed by atoms with Crippen LogP contribution in [0.4, 0.5) is 11.4 Å². The zero-order chi connectivity index (χ0) is 22.6. The second-order valence-corrected chi connectivity index (χ2v) is 6.11. The number of hydrogen-bond donors (Lipinski definition) is 1. The fourth-order valence-corrected chi connectivity index (χ4v) is 2.40. The molecule has 1 amide bonds. The third kappa shape index (κ3) is 7.07. The third-order valence-electron chi connectivity index (χ3n) is 3.90. The van der Waals surface area contributed by atoms with Crippen LogP contribution in [0.15, 0.2) is 71.4 Å². The number of esters is 1. The lowest BCUT2D eigenvalue weighted by molar-refractivity contribution is -0.138. The van der Waals surface area contributed by atoms with Gasteiger partial charge in [-0.1, -0.05) is 30.8 Å². The van der Waals surface area contributed by atoms with E-state index in [0.717, 1.165) is 6.08 Å². The van der Waals surface area contributed by atoms with Gasteiger partial charge in [-0.2, -0.15) is 10.2 Å². The average molecular weight is 425 g/mol. The minimum Gasteiger partial charge on any atom is -0.495 e. The van der Waals surface area contributed by atoms with Gasteiger partial charge in [0.2, 0.25) is 6.04 Å². The van der Waals surface area contributed by atoms with Gasteiger partial charge in [-0.25, -0.2) is 4.79 Å². The minimum absolute atomic E-state index is 0.0215. The number of Topliss-reactive ketones (excluding diaryl/α,β-unsaturated/α-hetero) is 1. The summed E-state index contributed by atoms with van der Waals surface area (Å²) >= 11 is 0. The molecule has 0 saturated carbocycles. The molecular formula is C22H23N3O6. The fourth-order valence-electron chi connectivity index (χ4n) is 2.40. The van der Waals surface area contributed by atoms with Gasteiger partial charge >= 0.3 is 5.97 Å². The largest absolute Gasteiger partial charge is 0.495 e. The number of methoxy groups -OCH3 is 1. The van der Waals surface area contributed by atoms with Crippen LogP contribution in [0, 0.1) is 0 Å². The maximum Gasteiger partial charge on any atom is 0.330 e. The van der Waals surface area contributed by atoms with E-state index < -0.39 is 23.7 Å². The van der Waals surface area contributed by atoms with Gasteiger partial charge in [-0.3, -0.25) is 9.59 Å². The zero-order valence-electron chi connectivity index (χ0n) is 17.2. The van der Waals surface area contributed by atoms with E-state index in [1.165, 1.54) is 14.0 Å². The normalized spacial score (nSPS) is 11.4. The van der Waals surface area contributed by atoms with Gasteiger partial charge in [-0.15, -0.1) is 0 Å². The Hall–Kier alpha value is -4.01. The van der Waals surface area contributed by atoms with Gasteiger partial charge in [0, 0.05) is 6.08 Å². The van der Waals surface area contributed by atoms with Crippen molar-refractivity contribution in [1.82, 2.24) is 0 Å². The van der Waals surface area contributed by atoms with E-state index >= 15 is 0 Å². The summed E-state index contributed by atoms with van der Waals surface area (Å²) in [7, 11) is 1.47. The van der Waals surface area contributed by atoms with Crippen LogP contribution < -0.4 is 14.8 Å². The Bertz CT molecular complexity index is 973. The standard InChI is InChI=1S/C22H23N3O6/c1-4-20(27)31-14-13-30-19-12-8-6-10-17(19)24-25-21(15(2)26)22(28)23-16-9-5-7-11-18(16)29-3/h4-12,21H,1,13-14H2,2-3H3,(H,23,28). The molecule has 0 radical (unpaired) electrons. The number of para-hydroxylation sites is 3. The first-order valence-corrected chi connectivity index (χ1v) is 9.32. The van der Waals surface area contributed by atoms with Gasteiger partial charge in [-0.05, 0) is 31.2 Å². The Kier molecular flexibility index (Phi) is 8.90. The van der Waals surface area contributed by atoms with Crippen molar-refractivity contribution in [2.24, 2.45) is 10.2 Å². The Morgan fingerprint density at radius 2 is 1.74 bits per heavy atom. The number of ketones is 1. The molecule has 0 bridgehead atoms. The van der Waals surface area contributed by atoms with E-state index in [1.54, 1.807) is 48.5 Å². The van der Waals surface area contributed by atoms with Crippen LogP contribution >= 0.6 is 0 Å². The minimum atomic E-state index is -1.36. The first-order chi connectivity index (χ1) is 15.0. The lowest BCUT2D eigenvalue weighted by atomic mass is 10.2. The molecular weight excluding hydrogens is 402 g/mol. The average Bonchev–Trinajstić information content (AvgIpc) is 2.77. The predicted molar refractivity (Wildman–Crippen MR) is 114 cm³/mol. The molecule has 0 aliphatic carbocycles. The van der Waals surface area contributed by atoms with Crippen molar-refractivity contribution in [3.8, 4) is 11.5 Å². The van der Waals surface area contributed by atoms with E-state index in [-0.39, 0.29) is 13.2 Å². The summed E-state index contributed by atoms with van der Waals surface area (Å²) in [6, 6.07) is 12.1. The van der Waals surface area contributed by atoms with E-state index in [0.29, 0.717) is 22.9 Å². The van der Waals surface area contributed by atoms with E-state index in [9.17, 15) is 14.4 Å². The predicted octanol–water partition coefficient (Wildman–Crippen LogP) is 3.48. The van der Waals surface area contributed by atoms with Crippen LogP contribution in [0.1, 0.15) is 6.92 Å². The molecule has 0 spiro atoms. The Balaban J connectivity index is 2.10. The van der Waals surface area contributed by atoms with Gasteiger partial charge in [0.05, 0.1) is 12.8 Å². The molecule has 31 heavy (non-hydrogen) atoms. The number of azo groups is 1. The summed E-state index contributed by atoms with van der Waals surface area (Å²) in [6.07, 6.45) is 1.06. The van der Waals surface area contributed by atoms with Crippen molar-refractivity contribution in [2.45, 2.75) is 13.0 Å². The molecule has 0 aliphatic rings. The lowest BCUT2D eigenvalue weighted by Crippen LogP contribution is -2.31. The molecule has 1 unspecified atom stereocenters. The molecule has 9 heteroatoms. The van der Waals surface area contributed by atoms with Gasteiger partial charge in [0.1, 0.15) is 30.4 Å². The summed E-state index contributed by atoms with van der Waals surface area (Å²) in [6.45, 7) is 4.66. The number of hydrogen-bond acceptors (Lipinski definition) is 8. The number of nitrogens with zero attached hydrogens (tertiary/aromatic N) is 2. The van der Waals surface area contributed by atoms with Crippen molar-refractivity contribution in [2.75, 3.05) is 25.6 Å². The molecule has 0 fully saturated rings. The molecule has 162 valence electrons. The molecule has 0 saturated heterocycles. The molecule has 2 rings (SSSR count). The second-order valence-electron chi connectivity index (χ2n) is 6.11. The van der Waals surface area contributed by atoms with E-state index in [1.807, 2.05) is 0 Å². The molecule has 2 aromatic rings. The first kappa shape index (κ1) is 23.3. The monoisotopic (exact) mass is 425 g/mol. The summed E-state index contributed by atoms with van der Waals surface area (Å²) < 4.78 is 15.6. The molecule has 0 heterocycles. The van der Waals surface area contributed by atoms with Crippen molar-refractivity contribution in [3.05, 3.63) is 61.2 Å². The van der Waals surface area contributed by atoms with Crippen molar-refractivity contribution in [1.29, 1.82) is 0 Å². The van der Waals surface area contributed by atoms with Gasteiger partial charge in [0.25, 0.3) is 5.91 Å². The number of carbonyl (C=O) groups excluding carboxylic acids is 3. The number of carbonyl (C=O) groups is 3. The number of anilines is 1. The third-order valence-corrected chi connectivity index (χ3v) is 3.90. The quantitative estimate of drug-likeness (QED) is 0.194. The van der Waals surface area contributed by atoms with Crippen LogP contribution in [0.3, 0.4) is 0 Å². The highest BCUT2D eigenvalue weighted by Crippen LogP contribution is 2.28. The van der Waals surface area contributed by atoms with Crippen LogP contribution in [0.25, 0.3) is 0 Å². The highest BCUT2D eigenvalue weighted by molar-refractivity contribution is 6.10. The van der Waals surface area contributed by atoms with Crippen LogP contribution in [-0.4, -0.2) is 44.0 Å². The Morgan fingerprint density at radius 3 is 2.42 bits per heavy atom. The smallest absolute Gasteiger partial charge is 0.330 e. The number of ether oxygens (including phenoxy) is 3. The highest BCUT2D eigenvalue weighted by Gasteiger charge is 2.24. The number of nitrogens with one attached hydrogen (secondary N) is 1. The lowest BCUT2D eigenvalue weighted by Gasteiger charge is -2.12. The number of amides is 1. The summed E-state index contributed by atoms with van der Waals surface area (Å²) in [4.78, 5) is 35.7. The Morgan fingerprint density at radius 1 is 1.06 bits per heavy atom. The van der Waals surface area contributed by atoms with Crippen LogP contribution in [0.5, 0.6) is 11.5 Å². The van der Waals surface area contributed by atoms with Crippen molar-refractivity contribution >= 4 is 29.0 Å². The number of rotatable bonds is 11. The molecule has 2 aromatic carbocycles. The number of benzene rings is 2. The van der Waals surface area contributed by atoms with Crippen LogP contribution in [0.2, 0.25) is 0 Å². The molecule has 1 N–H and O–H groups in total. The maximum absolute atomic E-state index is 12.6. The maximum atomic E-state index is 12.6. The summed E-state index contributed by atoms with van der Waals surface area (Å²) in [5.41, 5.74) is 0.725. The zero-order valence-corrected chi connectivity index (χ0v) is 17.2.